The molecule has 40 heavy (non-hydrogen) atoms. The Morgan fingerprint density at radius 2 is 1.15 bits per heavy atom. The third-order valence-electron chi connectivity index (χ3n) is 6.50. The molecule has 0 heterocycles. The van der Waals surface area contributed by atoms with Crippen molar-refractivity contribution in [1.29, 1.82) is 0 Å². The van der Waals surface area contributed by atoms with Gasteiger partial charge in [0.25, 0.3) is 0 Å². The average Bonchev–Trinajstić information content (AvgIpc) is 2.85. The molecule has 2 nitrogen and oxygen atoms in total. The molecule has 3 aromatic carbocycles. The lowest BCUT2D eigenvalue weighted by molar-refractivity contribution is 0.130. The molecular formula is C38H50O2. The maximum absolute atomic E-state index is 6.21. The number of allylic oxidation sites excluding steroid dienone is 4. The van der Waals surface area contributed by atoms with Crippen molar-refractivity contribution in [2.24, 2.45) is 0 Å². The second kappa shape index (κ2) is 14.2. The van der Waals surface area contributed by atoms with Crippen LogP contribution >= 0.6 is 0 Å². The highest BCUT2D eigenvalue weighted by Crippen LogP contribution is 2.43. The van der Waals surface area contributed by atoms with Gasteiger partial charge in [0.15, 0.2) is 0 Å². The van der Waals surface area contributed by atoms with Gasteiger partial charge in [-0.15, -0.1) is 0 Å². The first kappa shape index (κ1) is 32.7. The first-order valence-electron chi connectivity index (χ1n) is 14.3. The van der Waals surface area contributed by atoms with Gasteiger partial charge in [-0.1, -0.05) is 98.0 Å². The van der Waals surface area contributed by atoms with Crippen LogP contribution in [0.15, 0.2) is 110 Å². The van der Waals surface area contributed by atoms with E-state index in [0.717, 1.165) is 29.9 Å². The molecule has 0 saturated carbocycles. The van der Waals surface area contributed by atoms with E-state index in [0.29, 0.717) is 0 Å². The molecule has 0 aliphatic heterocycles. The molecule has 0 unspecified atom stereocenters. The Labute approximate surface area is 244 Å². The van der Waals surface area contributed by atoms with Crippen LogP contribution in [-0.4, -0.2) is 11.2 Å². The van der Waals surface area contributed by atoms with Crippen LogP contribution in [0.4, 0.5) is 0 Å². The first-order valence-corrected chi connectivity index (χ1v) is 14.3. The Bertz CT molecular complexity index is 1200. The van der Waals surface area contributed by atoms with E-state index in [9.17, 15) is 0 Å². The summed E-state index contributed by atoms with van der Waals surface area (Å²) >= 11 is 0. The summed E-state index contributed by atoms with van der Waals surface area (Å²) in [5.41, 5.74) is 5.46. The Kier molecular flexibility index (Phi) is 11.6. The van der Waals surface area contributed by atoms with E-state index in [-0.39, 0.29) is 16.6 Å². The molecule has 0 amide bonds. The lowest BCUT2D eigenvalue weighted by Gasteiger charge is -2.36. The molecule has 0 N–H and O–H groups in total. The number of hydrogen-bond donors (Lipinski definition) is 0. The fourth-order valence-electron chi connectivity index (χ4n) is 4.83. The molecule has 0 aromatic heterocycles. The SMILES string of the molecule is C=C/C=C(\C=C)CC(CC)(c1cccc(OC(C)(C)C)c1)c1cccc(OC(C)(C)C)c1.Cc1cccc(C)c1. The zero-order valence-corrected chi connectivity index (χ0v) is 26.3. The number of aryl methyl sites for hydroxylation is 2. The minimum atomic E-state index is -0.266. The normalized spacial score (nSPS) is 12.2. The van der Waals surface area contributed by atoms with Gasteiger partial charge in [-0.2, -0.15) is 0 Å². The van der Waals surface area contributed by atoms with E-state index in [2.05, 4.69) is 136 Å². The van der Waals surface area contributed by atoms with E-state index >= 15 is 0 Å². The number of rotatable bonds is 9. The van der Waals surface area contributed by atoms with Crippen LogP contribution in [0.25, 0.3) is 0 Å². The van der Waals surface area contributed by atoms with Crippen LogP contribution in [0, 0.1) is 13.8 Å². The van der Waals surface area contributed by atoms with E-state index in [4.69, 9.17) is 9.47 Å². The fourth-order valence-corrected chi connectivity index (χ4v) is 4.83. The zero-order chi connectivity index (χ0) is 30.0. The van der Waals surface area contributed by atoms with Gasteiger partial charge in [0, 0.05) is 5.41 Å². The van der Waals surface area contributed by atoms with Gasteiger partial charge < -0.3 is 9.47 Å². The van der Waals surface area contributed by atoms with Gasteiger partial charge in [-0.05, 0) is 109 Å². The van der Waals surface area contributed by atoms with E-state index in [1.54, 1.807) is 0 Å². The first-order chi connectivity index (χ1) is 18.7. The highest BCUT2D eigenvalue weighted by atomic mass is 16.5. The van der Waals surface area contributed by atoms with Crippen molar-refractivity contribution in [2.45, 2.75) is 91.8 Å². The van der Waals surface area contributed by atoms with Crippen LogP contribution < -0.4 is 9.47 Å². The Morgan fingerprint density at radius 3 is 1.48 bits per heavy atom. The van der Waals surface area contributed by atoms with Gasteiger partial charge in [0.05, 0.1) is 0 Å². The van der Waals surface area contributed by atoms with Gasteiger partial charge in [0.1, 0.15) is 22.7 Å². The summed E-state index contributed by atoms with van der Waals surface area (Å²) in [6, 6.07) is 25.4. The molecule has 0 atom stereocenters. The number of benzene rings is 3. The van der Waals surface area contributed by atoms with Crippen molar-refractivity contribution < 1.29 is 9.47 Å². The smallest absolute Gasteiger partial charge is 0.120 e. The highest BCUT2D eigenvalue weighted by molar-refractivity contribution is 5.47. The third-order valence-corrected chi connectivity index (χ3v) is 6.50. The standard InChI is InChI=1S/C30H40O2.C8H10/c1-10-15-23(11-2)22-30(12-3,24-16-13-18-26(20-24)31-28(4,5)6)25-17-14-19-27(21-25)32-29(7,8)9;1-7-4-3-5-8(2)6-7/h10-11,13-21H,1-2,12,22H2,3-9H3;3-6H,1-2H3/b23-15+;. The molecule has 3 aromatic rings. The van der Waals surface area contributed by atoms with Crippen molar-refractivity contribution in [1.82, 2.24) is 0 Å². The predicted octanol–water partition coefficient (Wildman–Crippen LogP) is 10.7. The monoisotopic (exact) mass is 538 g/mol. The van der Waals surface area contributed by atoms with Crippen LogP contribution in [0.3, 0.4) is 0 Å². The Morgan fingerprint density at radius 1 is 0.700 bits per heavy atom. The molecule has 3 rings (SSSR count). The van der Waals surface area contributed by atoms with Gasteiger partial charge >= 0.3 is 0 Å². The van der Waals surface area contributed by atoms with Crippen molar-refractivity contribution in [3.05, 3.63) is 132 Å². The quantitative estimate of drug-likeness (QED) is 0.252. The minimum absolute atomic E-state index is 0.261. The molecule has 0 aliphatic carbocycles. The van der Waals surface area contributed by atoms with Crippen LogP contribution in [0.2, 0.25) is 0 Å². The Balaban J connectivity index is 0.000000598. The second-order valence-corrected chi connectivity index (χ2v) is 12.4. The molecule has 0 spiro atoms. The molecule has 0 fully saturated rings. The van der Waals surface area contributed by atoms with Crippen molar-refractivity contribution in [2.75, 3.05) is 0 Å². The zero-order valence-electron chi connectivity index (χ0n) is 26.3. The predicted molar refractivity (Wildman–Crippen MR) is 174 cm³/mol. The van der Waals surface area contributed by atoms with Crippen LogP contribution in [0.1, 0.15) is 83.6 Å². The minimum Gasteiger partial charge on any atom is -0.488 e. The summed E-state index contributed by atoms with van der Waals surface area (Å²) in [4.78, 5) is 0. The molecule has 0 aliphatic rings. The number of hydrogen-bond acceptors (Lipinski definition) is 2. The largest absolute Gasteiger partial charge is 0.488 e. The highest BCUT2D eigenvalue weighted by Gasteiger charge is 2.34. The molecule has 2 heteroatoms. The Hall–Kier alpha value is -3.52. The summed E-state index contributed by atoms with van der Waals surface area (Å²) in [6.07, 6.45) is 7.51. The lowest BCUT2D eigenvalue weighted by Crippen LogP contribution is -2.29. The van der Waals surface area contributed by atoms with Crippen molar-refractivity contribution >= 4 is 0 Å². The van der Waals surface area contributed by atoms with E-state index < -0.39 is 0 Å². The maximum atomic E-state index is 6.21. The van der Waals surface area contributed by atoms with Crippen molar-refractivity contribution in [3.8, 4) is 11.5 Å². The summed E-state index contributed by atoms with van der Waals surface area (Å²) in [7, 11) is 0. The summed E-state index contributed by atoms with van der Waals surface area (Å²) in [6.45, 7) is 26.8. The molecule has 0 bridgehead atoms. The van der Waals surface area contributed by atoms with Gasteiger partial charge in [-0.3, -0.25) is 0 Å². The maximum Gasteiger partial charge on any atom is 0.120 e. The molecule has 0 saturated heterocycles. The average molecular weight is 539 g/mol. The van der Waals surface area contributed by atoms with Crippen LogP contribution in [-0.2, 0) is 5.41 Å². The molecule has 0 radical (unpaired) electrons. The van der Waals surface area contributed by atoms with Gasteiger partial charge in [-0.25, -0.2) is 0 Å². The summed E-state index contributed by atoms with van der Waals surface area (Å²) in [5, 5.41) is 0. The van der Waals surface area contributed by atoms with Crippen molar-refractivity contribution in [3.63, 3.8) is 0 Å². The van der Waals surface area contributed by atoms with E-state index in [1.165, 1.54) is 22.3 Å². The molecule has 214 valence electrons. The third kappa shape index (κ3) is 10.2. The van der Waals surface area contributed by atoms with Crippen LogP contribution in [0.5, 0.6) is 11.5 Å². The lowest BCUT2D eigenvalue weighted by atomic mass is 9.68. The van der Waals surface area contributed by atoms with Gasteiger partial charge in [0.2, 0.25) is 0 Å². The van der Waals surface area contributed by atoms with E-state index in [1.807, 2.05) is 30.4 Å². The summed E-state index contributed by atoms with van der Waals surface area (Å²) < 4.78 is 12.4. The topological polar surface area (TPSA) is 18.5 Å². The summed E-state index contributed by atoms with van der Waals surface area (Å²) in [5.74, 6) is 1.76. The second-order valence-electron chi connectivity index (χ2n) is 12.4. The fraction of sp³-hybridized carbons (Fsp3) is 0.368. The molecular weight excluding hydrogens is 488 g/mol. The number of ether oxygens (including phenoxy) is 2.